The number of carbonyl (C=O) groups excluding carboxylic acids is 3. The van der Waals surface area contributed by atoms with Crippen molar-refractivity contribution < 1.29 is 24.2 Å². The van der Waals surface area contributed by atoms with Crippen LogP contribution < -0.4 is 0 Å². The van der Waals surface area contributed by atoms with Gasteiger partial charge < -0.3 is 9.84 Å². The Labute approximate surface area is 207 Å². The Bertz CT molecular complexity index is 785. The molecule has 0 bridgehead atoms. The van der Waals surface area contributed by atoms with Crippen molar-refractivity contribution in [1.29, 1.82) is 0 Å². The van der Waals surface area contributed by atoms with Crippen molar-refractivity contribution in [3.8, 4) is 0 Å². The van der Waals surface area contributed by atoms with Crippen molar-refractivity contribution in [1.82, 2.24) is 0 Å². The minimum absolute atomic E-state index is 0.00465. The molecule has 194 valence electrons. The zero-order valence-electron chi connectivity index (χ0n) is 23.0. The van der Waals surface area contributed by atoms with Crippen LogP contribution in [-0.4, -0.2) is 22.6 Å². The average molecular weight is 477 g/mol. The number of aliphatic hydroxyl groups excluding tert-OH is 1. The summed E-state index contributed by atoms with van der Waals surface area (Å²) >= 11 is 0. The van der Waals surface area contributed by atoms with E-state index in [-0.39, 0.29) is 41.0 Å². The first-order chi connectivity index (χ1) is 15.8. The summed E-state index contributed by atoms with van der Waals surface area (Å²) in [5.74, 6) is -0.471. The van der Waals surface area contributed by atoms with Crippen LogP contribution in [0.5, 0.6) is 0 Å². The highest BCUT2D eigenvalue weighted by Crippen LogP contribution is 2.49. The van der Waals surface area contributed by atoms with Crippen molar-refractivity contribution in [3.63, 3.8) is 0 Å². The summed E-state index contributed by atoms with van der Waals surface area (Å²) in [5.41, 5.74) is -0.698. The predicted octanol–water partition coefficient (Wildman–Crippen LogP) is 7.50. The summed E-state index contributed by atoms with van der Waals surface area (Å²) in [6, 6.07) is 0. The van der Waals surface area contributed by atoms with Gasteiger partial charge in [0.05, 0.1) is 11.0 Å². The maximum absolute atomic E-state index is 14.2. The number of aliphatic hydroxyl groups is 1. The molecule has 1 aliphatic rings. The van der Waals surface area contributed by atoms with Gasteiger partial charge in [0.1, 0.15) is 5.76 Å². The molecule has 5 nitrogen and oxygen atoms in total. The quantitative estimate of drug-likeness (QED) is 0.263. The molecule has 0 aromatic carbocycles. The van der Waals surface area contributed by atoms with Gasteiger partial charge in [-0.15, -0.1) is 0 Å². The lowest BCUT2D eigenvalue weighted by atomic mass is 9.64. The Morgan fingerprint density at radius 1 is 0.882 bits per heavy atom. The van der Waals surface area contributed by atoms with Gasteiger partial charge in [-0.3, -0.25) is 14.4 Å². The van der Waals surface area contributed by atoms with Crippen LogP contribution in [0, 0.1) is 29.1 Å². The van der Waals surface area contributed by atoms with Gasteiger partial charge in [0.15, 0.2) is 17.3 Å². The van der Waals surface area contributed by atoms with Crippen LogP contribution >= 0.6 is 0 Å². The zero-order chi connectivity index (χ0) is 26.2. The molecule has 34 heavy (non-hydrogen) atoms. The maximum Gasteiger partial charge on any atom is 0.310 e. The largest absolute Gasteiger partial charge is 0.510 e. The lowest BCUT2D eigenvalue weighted by molar-refractivity contribution is -0.139. The van der Waals surface area contributed by atoms with Gasteiger partial charge in [0.25, 0.3) is 0 Å². The third-order valence-corrected chi connectivity index (χ3v) is 6.98. The molecule has 0 radical (unpaired) electrons. The predicted molar refractivity (Wildman–Crippen MR) is 137 cm³/mol. The minimum atomic E-state index is -1.15. The molecule has 0 saturated heterocycles. The van der Waals surface area contributed by atoms with E-state index >= 15 is 0 Å². The normalized spacial score (nSPS) is 17.2. The standard InChI is InChI=1S/C29H48O5/c1-10-21(9)25(31)24-26(34-23(30)11-2)22(13-12-18(3)4)27(32)29(28(24)33,16-14-19(5)6)17-15-20(7)8/h18-21,33H,10-17H2,1-9H3. The van der Waals surface area contributed by atoms with Crippen molar-refractivity contribution in [2.24, 2.45) is 29.1 Å². The van der Waals surface area contributed by atoms with E-state index in [1.54, 1.807) is 6.92 Å². The molecule has 0 fully saturated rings. The van der Waals surface area contributed by atoms with E-state index in [2.05, 4.69) is 41.5 Å². The van der Waals surface area contributed by atoms with E-state index in [1.807, 2.05) is 13.8 Å². The number of carbonyl (C=O) groups is 3. The molecule has 0 heterocycles. The first-order valence-corrected chi connectivity index (χ1v) is 13.3. The van der Waals surface area contributed by atoms with Crippen LogP contribution in [0.25, 0.3) is 0 Å². The van der Waals surface area contributed by atoms with Gasteiger partial charge in [0.2, 0.25) is 0 Å². The number of rotatable bonds is 14. The smallest absolute Gasteiger partial charge is 0.310 e. The van der Waals surface area contributed by atoms with Crippen LogP contribution in [0.1, 0.15) is 114 Å². The van der Waals surface area contributed by atoms with Gasteiger partial charge >= 0.3 is 5.97 Å². The van der Waals surface area contributed by atoms with Crippen LogP contribution in [-0.2, 0) is 19.1 Å². The molecule has 0 saturated carbocycles. The fourth-order valence-electron chi connectivity index (χ4n) is 4.28. The van der Waals surface area contributed by atoms with Gasteiger partial charge in [0, 0.05) is 17.9 Å². The van der Waals surface area contributed by atoms with Crippen molar-refractivity contribution >= 4 is 17.5 Å². The Hall–Kier alpha value is -1.91. The Balaban J connectivity index is 3.92. The van der Waals surface area contributed by atoms with E-state index in [1.165, 1.54) is 0 Å². The molecular weight excluding hydrogens is 428 g/mol. The van der Waals surface area contributed by atoms with E-state index < -0.39 is 11.4 Å². The third kappa shape index (κ3) is 7.29. The van der Waals surface area contributed by atoms with Crippen molar-refractivity contribution in [2.75, 3.05) is 0 Å². The molecular formula is C29H48O5. The fraction of sp³-hybridized carbons (Fsp3) is 0.759. The third-order valence-electron chi connectivity index (χ3n) is 6.98. The lowest BCUT2D eigenvalue weighted by Crippen LogP contribution is -2.42. The van der Waals surface area contributed by atoms with Crippen LogP contribution in [0.15, 0.2) is 22.7 Å². The number of esters is 1. The summed E-state index contributed by atoms with van der Waals surface area (Å²) in [5, 5.41) is 11.8. The second-order valence-electron chi connectivity index (χ2n) is 11.2. The molecule has 0 spiro atoms. The van der Waals surface area contributed by atoms with E-state index in [0.29, 0.717) is 49.0 Å². The second kappa shape index (κ2) is 13.3. The van der Waals surface area contributed by atoms with Gasteiger partial charge in [-0.1, -0.05) is 62.3 Å². The Morgan fingerprint density at radius 3 is 1.79 bits per heavy atom. The summed E-state index contributed by atoms with van der Waals surface area (Å²) < 4.78 is 5.68. The molecule has 1 aliphatic carbocycles. The summed E-state index contributed by atoms with van der Waals surface area (Å²) in [6.45, 7) is 18.0. The van der Waals surface area contributed by atoms with E-state index in [9.17, 15) is 19.5 Å². The van der Waals surface area contributed by atoms with Gasteiger partial charge in [-0.25, -0.2) is 0 Å². The molecule has 0 aromatic heterocycles. The Morgan fingerprint density at radius 2 is 1.38 bits per heavy atom. The highest BCUT2D eigenvalue weighted by Gasteiger charge is 2.51. The molecule has 1 rings (SSSR count). The summed E-state index contributed by atoms with van der Waals surface area (Å²) in [7, 11) is 0. The van der Waals surface area contributed by atoms with Crippen molar-refractivity contribution in [3.05, 3.63) is 22.7 Å². The minimum Gasteiger partial charge on any atom is -0.510 e. The molecule has 0 amide bonds. The van der Waals surface area contributed by atoms with Gasteiger partial charge in [-0.2, -0.15) is 0 Å². The maximum atomic E-state index is 14.2. The molecule has 1 unspecified atom stereocenters. The number of Topliss-reactive ketones (excluding diaryl/α,β-unsaturated/α-hetero) is 2. The van der Waals surface area contributed by atoms with Crippen molar-refractivity contribution in [2.45, 2.75) is 114 Å². The lowest BCUT2D eigenvalue weighted by Gasteiger charge is -2.39. The van der Waals surface area contributed by atoms with Crippen LogP contribution in [0.3, 0.4) is 0 Å². The SMILES string of the molecule is CCC(=O)OC1=C(CCC(C)C)C(=O)C(CCC(C)C)(CCC(C)C)C(O)=C1C(=O)C(C)CC. The van der Waals surface area contributed by atoms with Crippen LogP contribution in [0.2, 0.25) is 0 Å². The Kier molecular flexibility index (Phi) is 11.7. The zero-order valence-corrected chi connectivity index (χ0v) is 23.0. The highest BCUT2D eigenvalue weighted by atomic mass is 16.5. The summed E-state index contributed by atoms with van der Waals surface area (Å²) in [6.07, 6.45) is 4.29. The molecule has 0 aromatic rings. The topological polar surface area (TPSA) is 80.7 Å². The van der Waals surface area contributed by atoms with E-state index in [4.69, 9.17) is 4.74 Å². The molecule has 1 atom stereocenters. The molecule has 0 aliphatic heterocycles. The summed E-state index contributed by atoms with van der Waals surface area (Å²) in [4.78, 5) is 40.2. The van der Waals surface area contributed by atoms with E-state index in [0.717, 1.165) is 19.3 Å². The van der Waals surface area contributed by atoms with Crippen LogP contribution in [0.4, 0.5) is 0 Å². The number of allylic oxidation sites excluding steroid dienone is 3. The number of hydrogen-bond acceptors (Lipinski definition) is 5. The average Bonchev–Trinajstić information content (AvgIpc) is 2.77. The first kappa shape index (κ1) is 30.1. The second-order valence-corrected chi connectivity index (χ2v) is 11.2. The van der Waals surface area contributed by atoms with Gasteiger partial charge in [-0.05, 0) is 62.7 Å². The molecule has 1 N–H and O–H groups in total. The monoisotopic (exact) mass is 476 g/mol. The highest BCUT2D eigenvalue weighted by molar-refractivity contribution is 6.11. The molecule has 5 heteroatoms. The first-order valence-electron chi connectivity index (χ1n) is 13.3. The number of hydrogen-bond donors (Lipinski definition) is 1. The number of ether oxygens (including phenoxy) is 1. The number of ketones is 2. The fourth-order valence-corrected chi connectivity index (χ4v) is 4.28.